The first-order valence-electron chi connectivity index (χ1n) is 7.26. The van der Waals surface area contributed by atoms with E-state index in [9.17, 15) is 4.79 Å². The molecule has 1 saturated heterocycles. The van der Waals surface area contributed by atoms with Gasteiger partial charge >= 0.3 is 0 Å². The average molecular weight is 296 g/mol. The van der Waals surface area contributed by atoms with Crippen LogP contribution in [0.3, 0.4) is 0 Å². The molecular weight excluding hydrogens is 276 g/mol. The number of likely N-dealkylation sites (tertiary alicyclic amines) is 1. The van der Waals surface area contributed by atoms with E-state index in [-0.39, 0.29) is 5.91 Å². The summed E-state index contributed by atoms with van der Waals surface area (Å²) in [6, 6.07) is 0.403. The summed E-state index contributed by atoms with van der Waals surface area (Å²) in [4.78, 5) is 13.9. The summed E-state index contributed by atoms with van der Waals surface area (Å²) in [6.45, 7) is 2.94. The molecule has 2 fully saturated rings. The number of piperidine rings is 1. The van der Waals surface area contributed by atoms with Crippen molar-refractivity contribution in [3.63, 3.8) is 0 Å². The van der Waals surface area contributed by atoms with Gasteiger partial charge in [-0.05, 0) is 38.8 Å². The molecule has 1 N–H and O–H groups in total. The average Bonchev–Trinajstić information content (AvgIpc) is 3.15. The summed E-state index contributed by atoms with van der Waals surface area (Å²) in [5.74, 6) is 1.05. The molecule has 2 aliphatic rings. The smallest absolute Gasteiger partial charge is 0.277 e. The largest absolute Gasteiger partial charge is 0.415 e. The van der Waals surface area contributed by atoms with Gasteiger partial charge in [-0.1, -0.05) is 18.2 Å². The van der Waals surface area contributed by atoms with Gasteiger partial charge in [-0.25, -0.2) is 0 Å². The predicted octanol–water partition coefficient (Wildman–Crippen LogP) is 1.43. The number of hydrogen-bond acceptors (Lipinski definition) is 6. The van der Waals surface area contributed by atoms with Gasteiger partial charge in [-0.2, -0.15) is 0 Å². The van der Waals surface area contributed by atoms with E-state index in [1.807, 2.05) is 0 Å². The maximum atomic E-state index is 11.6. The fourth-order valence-electron chi connectivity index (χ4n) is 2.29. The fraction of sp³-hybridized carbons (Fsp3) is 0.769. The Bertz CT molecular complexity index is 455. The van der Waals surface area contributed by atoms with Crippen LogP contribution in [0, 0.1) is 0 Å². The second-order valence-corrected chi connectivity index (χ2v) is 6.36. The fourth-order valence-corrected chi connectivity index (χ4v) is 2.89. The number of carbonyl (C=O) groups is 1. The van der Waals surface area contributed by atoms with Crippen molar-refractivity contribution in [2.75, 3.05) is 18.8 Å². The maximum absolute atomic E-state index is 11.6. The van der Waals surface area contributed by atoms with Crippen LogP contribution in [-0.2, 0) is 11.3 Å². The van der Waals surface area contributed by atoms with Gasteiger partial charge < -0.3 is 9.73 Å². The SMILES string of the molecule is O=C(CSc1nnc(CN2CCCCC2)o1)NC1CC1. The Morgan fingerprint density at radius 1 is 1.30 bits per heavy atom. The summed E-state index contributed by atoms with van der Waals surface area (Å²) in [7, 11) is 0. The summed E-state index contributed by atoms with van der Waals surface area (Å²) in [5, 5.41) is 11.5. The minimum absolute atomic E-state index is 0.0493. The second-order valence-electron chi connectivity index (χ2n) is 5.43. The molecule has 0 aromatic carbocycles. The molecule has 0 radical (unpaired) electrons. The predicted molar refractivity (Wildman–Crippen MR) is 75.3 cm³/mol. The van der Waals surface area contributed by atoms with Gasteiger partial charge in [0.05, 0.1) is 12.3 Å². The van der Waals surface area contributed by atoms with E-state index in [0.717, 1.165) is 32.5 Å². The van der Waals surface area contributed by atoms with E-state index in [1.165, 1.54) is 31.0 Å². The highest BCUT2D eigenvalue weighted by Gasteiger charge is 2.23. The summed E-state index contributed by atoms with van der Waals surface area (Å²) < 4.78 is 5.58. The van der Waals surface area contributed by atoms with Crippen molar-refractivity contribution in [3.05, 3.63) is 5.89 Å². The topological polar surface area (TPSA) is 71.3 Å². The van der Waals surface area contributed by atoms with Crippen molar-refractivity contribution in [2.45, 2.75) is 49.9 Å². The van der Waals surface area contributed by atoms with E-state index in [0.29, 0.717) is 22.9 Å². The Hall–Kier alpha value is -1.08. The molecule has 1 aromatic rings. The van der Waals surface area contributed by atoms with Gasteiger partial charge in [0.15, 0.2) is 0 Å². The van der Waals surface area contributed by atoms with Gasteiger partial charge in [-0.3, -0.25) is 9.69 Å². The molecule has 1 aliphatic heterocycles. The summed E-state index contributed by atoms with van der Waals surface area (Å²) in [5.41, 5.74) is 0. The number of aromatic nitrogens is 2. The Labute approximate surface area is 122 Å². The van der Waals surface area contributed by atoms with E-state index in [2.05, 4.69) is 20.4 Å². The van der Waals surface area contributed by atoms with Gasteiger partial charge in [0.1, 0.15) is 0 Å². The quantitative estimate of drug-likeness (QED) is 0.801. The van der Waals surface area contributed by atoms with Crippen LogP contribution in [0.25, 0.3) is 0 Å². The Kier molecular flexibility index (Phi) is 4.57. The molecule has 6 nitrogen and oxygen atoms in total. The van der Waals surface area contributed by atoms with Crippen LogP contribution < -0.4 is 5.32 Å². The highest BCUT2D eigenvalue weighted by molar-refractivity contribution is 7.99. The molecular formula is C13H20N4O2S. The minimum Gasteiger partial charge on any atom is -0.415 e. The molecule has 2 heterocycles. The van der Waals surface area contributed by atoms with Crippen molar-refractivity contribution >= 4 is 17.7 Å². The monoisotopic (exact) mass is 296 g/mol. The van der Waals surface area contributed by atoms with Crippen LogP contribution in [0.2, 0.25) is 0 Å². The van der Waals surface area contributed by atoms with Gasteiger partial charge in [-0.15, -0.1) is 10.2 Å². The van der Waals surface area contributed by atoms with E-state index in [1.54, 1.807) is 0 Å². The molecule has 0 unspecified atom stereocenters. The standard InChI is InChI=1S/C13H20N4O2S/c18-11(14-10-4-5-10)9-20-13-16-15-12(19-13)8-17-6-2-1-3-7-17/h10H,1-9H2,(H,14,18). The molecule has 110 valence electrons. The van der Waals surface area contributed by atoms with Crippen LogP contribution >= 0.6 is 11.8 Å². The Balaban J connectivity index is 1.42. The van der Waals surface area contributed by atoms with Crippen molar-refractivity contribution < 1.29 is 9.21 Å². The van der Waals surface area contributed by atoms with Crippen molar-refractivity contribution in [2.24, 2.45) is 0 Å². The van der Waals surface area contributed by atoms with Crippen LogP contribution in [0.15, 0.2) is 9.64 Å². The maximum Gasteiger partial charge on any atom is 0.277 e. The molecule has 1 amide bonds. The number of carbonyl (C=O) groups excluding carboxylic acids is 1. The Morgan fingerprint density at radius 2 is 2.10 bits per heavy atom. The van der Waals surface area contributed by atoms with Crippen molar-refractivity contribution in [1.82, 2.24) is 20.4 Å². The highest BCUT2D eigenvalue weighted by Crippen LogP contribution is 2.21. The molecule has 20 heavy (non-hydrogen) atoms. The number of nitrogens with one attached hydrogen (secondary N) is 1. The minimum atomic E-state index is 0.0493. The van der Waals surface area contributed by atoms with Gasteiger partial charge in [0.2, 0.25) is 11.8 Å². The zero-order chi connectivity index (χ0) is 13.8. The summed E-state index contributed by atoms with van der Waals surface area (Å²) in [6.07, 6.45) is 6.03. The molecule has 0 bridgehead atoms. The van der Waals surface area contributed by atoms with Crippen LogP contribution in [0.1, 0.15) is 38.0 Å². The molecule has 1 saturated carbocycles. The van der Waals surface area contributed by atoms with Gasteiger partial charge in [0.25, 0.3) is 5.22 Å². The zero-order valence-electron chi connectivity index (χ0n) is 11.5. The van der Waals surface area contributed by atoms with Crippen LogP contribution in [-0.4, -0.2) is 45.9 Å². The number of thioether (sulfide) groups is 1. The third kappa shape index (κ3) is 4.21. The molecule has 3 rings (SSSR count). The lowest BCUT2D eigenvalue weighted by Crippen LogP contribution is -2.29. The summed E-state index contributed by atoms with van der Waals surface area (Å²) >= 11 is 1.31. The third-order valence-electron chi connectivity index (χ3n) is 3.53. The highest BCUT2D eigenvalue weighted by atomic mass is 32.2. The second kappa shape index (κ2) is 6.58. The first-order chi connectivity index (χ1) is 9.79. The van der Waals surface area contributed by atoms with E-state index < -0.39 is 0 Å². The lowest BCUT2D eigenvalue weighted by Gasteiger charge is -2.24. The lowest BCUT2D eigenvalue weighted by molar-refractivity contribution is -0.118. The van der Waals surface area contributed by atoms with Crippen LogP contribution in [0.5, 0.6) is 0 Å². The molecule has 1 aliphatic carbocycles. The number of nitrogens with zero attached hydrogens (tertiary/aromatic N) is 3. The third-order valence-corrected chi connectivity index (χ3v) is 4.34. The lowest BCUT2D eigenvalue weighted by atomic mass is 10.1. The number of amides is 1. The van der Waals surface area contributed by atoms with Crippen molar-refractivity contribution in [3.8, 4) is 0 Å². The van der Waals surface area contributed by atoms with Gasteiger partial charge in [0, 0.05) is 6.04 Å². The van der Waals surface area contributed by atoms with Crippen LogP contribution in [0.4, 0.5) is 0 Å². The first kappa shape index (κ1) is 13.9. The van der Waals surface area contributed by atoms with E-state index in [4.69, 9.17) is 4.42 Å². The normalized spacial score (nSPS) is 20.0. The zero-order valence-corrected chi connectivity index (χ0v) is 12.3. The Morgan fingerprint density at radius 3 is 2.85 bits per heavy atom. The molecule has 0 atom stereocenters. The molecule has 7 heteroatoms. The van der Waals surface area contributed by atoms with E-state index >= 15 is 0 Å². The number of rotatable bonds is 6. The first-order valence-corrected chi connectivity index (χ1v) is 8.25. The molecule has 0 spiro atoms. The molecule has 1 aromatic heterocycles. The number of hydrogen-bond donors (Lipinski definition) is 1. The van der Waals surface area contributed by atoms with Crippen molar-refractivity contribution in [1.29, 1.82) is 0 Å².